The van der Waals surface area contributed by atoms with E-state index in [9.17, 15) is 5.11 Å². The van der Waals surface area contributed by atoms with Crippen LogP contribution in [0.25, 0.3) is 22.4 Å². The second-order valence-electron chi connectivity index (χ2n) is 6.01. The minimum atomic E-state index is 0.248. The number of hydrogen-bond donors (Lipinski definition) is 1. The maximum Gasteiger partial charge on any atom is 0.145 e. The van der Waals surface area contributed by atoms with Crippen LogP contribution >= 0.6 is 0 Å². The van der Waals surface area contributed by atoms with E-state index in [-0.39, 0.29) is 5.75 Å². The molecular formula is C21H18N2O. The summed E-state index contributed by atoms with van der Waals surface area (Å²) in [5.41, 5.74) is 5.20. The van der Waals surface area contributed by atoms with Crippen LogP contribution < -0.4 is 0 Å². The Kier molecular flexibility index (Phi) is 3.54. The second kappa shape index (κ2) is 5.85. The number of nitrogens with zero attached hydrogens (tertiary/aromatic N) is 2. The average molecular weight is 314 g/mol. The van der Waals surface area contributed by atoms with Crippen LogP contribution in [0.5, 0.6) is 5.75 Å². The van der Waals surface area contributed by atoms with Crippen LogP contribution in [0.4, 0.5) is 0 Å². The summed E-state index contributed by atoms with van der Waals surface area (Å²) in [4.78, 5) is 4.76. The third kappa shape index (κ3) is 2.54. The molecule has 3 heteroatoms. The van der Waals surface area contributed by atoms with E-state index >= 15 is 0 Å². The molecule has 118 valence electrons. The second-order valence-corrected chi connectivity index (χ2v) is 6.01. The molecule has 0 atom stereocenters. The molecule has 0 unspecified atom stereocenters. The quantitative estimate of drug-likeness (QED) is 0.592. The Hall–Kier alpha value is -3.07. The van der Waals surface area contributed by atoms with E-state index in [1.165, 1.54) is 11.1 Å². The van der Waals surface area contributed by atoms with Gasteiger partial charge >= 0.3 is 0 Å². The molecule has 0 spiro atoms. The standard InChI is InChI=1S/C21H18N2O/c1-15-10-12-16(13-11-15)14-23-19-8-4-3-7-18(19)22-21(23)17-6-2-5-9-20(17)24/h2-13,24H,14H2,1H3. The molecule has 0 aliphatic heterocycles. The highest BCUT2D eigenvalue weighted by Gasteiger charge is 2.15. The van der Waals surface area contributed by atoms with Gasteiger partial charge in [0.15, 0.2) is 0 Å². The number of hydrogen-bond acceptors (Lipinski definition) is 2. The lowest BCUT2D eigenvalue weighted by Gasteiger charge is -2.11. The molecule has 1 aromatic heterocycles. The van der Waals surface area contributed by atoms with Gasteiger partial charge in [0.1, 0.15) is 11.6 Å². The van der Waals surface area contributed by atoms with Gasteiger partial charge in [-0.05, 0) is 36.8 Å². The molecule has 4 aromatic rings. The number of fused-ring (bicyclic) bond motifs is 1. The topological polar surface area (TPSA) is 38.0 Å². The molecule has 3 nitrogen and oxygen atoms in total. The zero-order chi connectivity index (χ0) is 16.5. The predicted octanol–water partition coefficient (Wildman–Crippen LogP) is 4.77. The maximum absolute atomic E-state index is 10.3. The SMILES string of the molecule is Cc1ccc(Cn2c(-c3ccccc3O)nc3ccccc32)cc1. The fourth-order valence-corrected chi connectivity index (χ4v) is 2.98. The molecule has 0 bridgehead atoms. The van der Waals surface area contributed by atoms with E-state index in [2.05, 4.69) is 41.8 Å². The molecule has 0 fully saturated rings. The Morgan fingerprint density at radius 3 is 2.38 bits per heavy atom. The van der Waals surface area contributed by atoms with Gasteiger partial charge in [-0.3, -0.25) is 0 Å². The first-order valence-corrected chi connectivity index (χ1v) is 8.01. The highest BCUT2D eigenvalue weighted by atomic mass is 16.3. The van der Waals surface area contributed by atoms with Crippen molar-refractivity contribution in [1.29, 1.82) is 0 Å². The van der Waals surface area contributed by atoms with Crippen molar-refractivity contribution >= 4 is 11.0 Å². The van der Waals surface area contributed by atoms with Gasteiger partial charge in [-0.2, -0.15) is 0 Å². The van der Waals surface area contributed by atoms with Gasteiger partial charge in [0.2, 0.25) is 0 Å². The Balaban J connectivity index is 1.90. The maximum atomic E-state index is 10.3. The summed E-state index contributed by atoms with van der Waals surface area (Å²) in [5, 5.41) is 10.3. The van der Waals surface area contributed by atoms with Gasteiger partial charge in [0.25, 0.3) is 0 Å². The molecule has 4 rings (SSSR count). The van der Waals surface area contributed by atoms with Crippen molar-refractivity contribution in [2.24, 2.45) is 0 Å². The Morgan fingerprint density at radius 2 is 1.58 bits per heavy atom. The van der Waals surface area contributed by atoms with Crippen LogP contribution in [0.1, 0.15) is 11.1 Å². The van der Waals surface area contributed by atoms with E-state index in [0.717, 1.165) is 22.4 Å². The van der Waals surface area contributed by atoms with Gasteiger partial charge in [-0.15, -0.1) is 0 Å². The summed E-state index contributed by atoms with van der Waals surface area (Å²) in [5.74, 6) is 1.04. The van der Waals surface area contributed by atoms with Gasteiger partial charge < -0.3 is 9.67 Å². The van der Waals surface area contributed by atoms with Crippen molar-refractivity contribution in [2.45, 2.75) is 13.5 Å². The smallest absolute Gasteiger partial charge is 0.145 e. The van der Waals surface area contributed by atoms with E-state index < -0.39 is 0 Å². The van der Waals surface area contributed by atoms with E-state index in [0.29, 0.717) is 6.54 Å². The number of rotatable bonds is 3. The lowest BCUT2D eigenvalue weighted by Crippen LogP contribution is -2.02. The molecule has 24 heavy (non-hydrogen) atoms. The van der Waals surface area contributed by atoms with Crippen molar-refractivity contribution in [2.75, 3.05) is 0 Å². The number of para-hydroxylation sites is 3. The molecule has 0 saturated carbocycles. The minimum absolute atomic E-state index is 0.248. The lowest BCUT2D eigenvalue weighted by molar-refractivity contribution is 0.476. The number of aryl methyl sites for hydroxylation is 1. The Morgan fingerprint density at radius 1 is 0.875 bits per heavy atom. The lowest BCUT2D eigenvalue weighted by atomic mass is 10.1. The molecule has 0 aliphatic rings. The first-order chi connectivity index (χ1) is 11.7. The number of aromatic nitrogens is 2. The largest absolute Gasteiger partial charge is 0.507 e. The van der Waals surface area contributed by atoms with Crippen LogP contribution in [-0.2, 0) is 6.54 Å². The first-order valence-electron chi connectivity index (χ1n) is 8.01. The molecular weight excluding hydrogens is 296 g/mol. The molecule has 3 aromatic carbocycles. The molecule has 0 aliphatic carbocycles. The number of aromatic hydroxyl groups is 1. The van der Waals surface area contributed by atoms with Crippen molar-refractivity contribution < 1.29 is 5.11 Å². The van der Waals surface area contributed by atoms with Gasteiger partial charge in [0, 0.05) is 6.54 Å². The fourth-order valence-electron chi connectivity index (χ4n) is 2.98. The molecule has 1 heterocycles. The van der Waals surface area contributed by atoms with Crippen molar-refractivity contribution in [3.05, 3.63) is 83.9 Å². The van der Waals surface area contributed by atoms with Crippen molar-refractivity contribution in [3.8, 4) is 17.1 Å². The highest BCUT2D eigenvalue weighted by molar-refractivity contribution is 5.82. The van der Waals surface area contributed by atoms with E-state index in [1.54, 1.807) is 6.07 Å². The number of phenols is 1. The highest BCUT2D eigenvalue weighted by Crippen LogP contribution is 2.31. The van der Waals surface area contributed by atoms with E-state index in [4.69, 9.17) is 4.98 Å². The van der Waals surface area contributed by atoms with Crippen LogP contribution in [0.3, 0.4) is 0 Å². The number of imidazole rings is 1. The summed E-state index contributed by atoms with van der Waals surface area (Å²) in [6.07, 6.45) is 0. The predicted molar refractivity (Wildman–Crippen MR) is 97.1 cm³/mol. The third-order valence-corrected chi connectivity index (χ3v) is 4.26. The van der Waals surface area contributed by atoms with E-state index in [1.807, 2.05) is 36.4 Å². The van der Waals surface area contributed by atoms with Crippen LogP contribution in [0, 0.1) is 6.92 Å². The number of benzene rings is 3. The summed E-state index contributed by atoms with van der Waals surface area (Å²) in [6, 6.07) is 23.9. The summed E-state index contributed by atoms with van der Waals surface area (Å²) in [7, 11) is 0. The van der Waals surface area contributed by atoms with Gasteiger partial charge in [-0.1, -0.05) is 54.1 Å². The number of phenolic OH excluding ortho intramolecular Hbond substituents is 1. The first kappa shape index (κ1) is 14.5. The van der Waals surface area contributed by atoms with Crippen molar-refractivity contribution in [3.63, 3.8) is 0 Å². The normalized spacial score (nSPS) is 11.0. The summed E-state index contributed by atoms with van der Waals surface area (Å²) < 4.78 is 2.16. The van der Waals surface area contributed by atoms with Crippen LogP contribution in [0.15, 0.2) is 72.8 Å². The Bertz CT molecular complexity index is 1000. The van der Waals surface area contributed by atoms with Gasteiger partial charge in [0.05, 0.1) is 16.6 Å². The van der Waals surface area contributed by atoms with Crippen molar-refractivity contribution in [1.82, 2.24) is 9.55 Å². The average Bonchev–Trinajstić information content (AvgIpc) is 2.96. The zero-order valence-corrected chi connectivity index (χ0v) is 13.5. The molecule has 0 amide bonds. The minimum Gasteiger partial charge on any atom is -0.507 e. The van der Waals surface area contributed by atoms with Crippen LogP contribution in [-0.4, -0.2) is 14.7 Å². The zero-order valence-electron chi connectivity index (χ0n) is 13.5. The fraction of sp³-hybridized carbons (Fsp3) is 0.0952. The summed E-state index contributed by atoms with van der Waals surface area (Å²) in [6.45, 7) is 2.80. The molecule has 0 radical (unpaired) electrons. The molecule has 0 saturated heterocycles. The summed E-state index contributed by atoms with van der Waals surface area (Å²) >= 11 is 0. The van der Waals surface area contributed by atoms with Gasteiger partial charge in [-0.25, -0.2) is 4.98 Å². The monoisotopic (exact) mass is 314 g/mol. The molecule has 1 N–H and O–H groups in total. The Labute approximate surface area is 140 Å². The third-order valence-electron chi connectivity index (χ3n) is 4.26. The van der Waals surface area contributed by atoms with Crippen LogP contribution in [0.2, 0.25) is 0 Å².